The fourth-order valence-corrected chi connectivity index (χ4v) is 2.35. The lowest BCUT2D eigenvalue weighted by Crippen LogP contribution is -2.10. The average Bonchev–Trinajstić information content (AvgIpc) is 2.72. The summed E-state index contributed by atoms with van der Waals surface area (Å²) in [7, 11) is 0. The summed E-state index contributed by atoms with van der Waals surface area (Å²) in [5.41, 5.74) is 4.54. The van der Waals surface area contributed by atoms with Crippen LogP contribution in [0.15, 0.2) is 93.6 Å². The van der Waals surface area contributed by atoms with Crippen LogP contribution in [0, 0.1) is 0 Å². The zero-order valence-corrected chi connectivity index (χ0v) is 15.6. The first-order valence-electron chi connectivity index (χ1n) is 7.96. The molecule has 0 aromatic heterocycles. The van der Waals surface area contributed by atoms with E-state index in [4.69, 9.17) is 4.84 Å². The molecule has 0 fully saturated rings. The second kappa shape index (κ2) is 8.86. The van der Waals surface area contributed by atoms with Crippen LogP contribution < -0.4 is 5.48 Å². The molecule has 0 aliphatic heterocycles. The molecule has 0 saturated carbocycles. The molecule has 0 aliphatic rings. The van der Waals surface area contributed by atoms with Crippen LogP contribution in [0.4, 0.5) is 11.4 Å². The lowest BCUT2D eigenvalue weighted by molar-refractivity contribution is 0.0596. The van der Waals surface area contributed by atoms with Gasteiger partial charge in [-0.25, -0.2) is 10.3 Å². The quantitative estimate of drug-likeness (QED) is 0.430. The van der Waals surface area contributed by atoms with Crippen molar-refractivity contribution in [2.24, 2.45) is 10.2 Å². The number of hydrogen-bond donors (Lipinski definition) is 1. The molecule has 0 heterocycles. The van der Waals surface area contributed by atoms with Gasteiger partial charge in [0.05, 0.1) is 16.9 Å². The molecule has 0 bridgehead atoms. The first-order valence-corrected chi connectivity index (χ1v) is 8.75. The van der Waals surface area contributed by atoms with Crippen LogP contribution >= 0.6 is 15.9 Å². The van der Waals surface area contributed by atoms with Crippen LogP contribution in [-0.4, -0.2) is 11.9 Å². The number of nitrogens with one attached hydrogen (secondary N) is 1. The van der Waals surface area contributed by atoms with Crippen LogP contribution in [0.2, 0.25) is 0 Å². The fraction of sp³-hybridized carbons (Fsp3) is 0. The molecule has 3 rings (SSSR count). The molecule has 3 aromatic carbocycles. The van der Waals surface area contributed by atoms with Gasteiger partial charge in [-0.05, 0) is 60.7 Å². The Labute approximate surface area is 164 Å². The zero-order chi connectivity index (χ0) is 19.1. The monoisotopic (exact) mass is 423 g/mol. The topological polar surface area (TPSA) is 80.1 Å². The first-order chi connectivity index (χ1) is 13.1. The summed E-state index contributed by atoms with van der Waals surface area (Å²) in [6.07, 6.45) is 0. The van der Waals surface area contributed by atoms with Gasteiger partial charge in [-0.15, -0.1) is 10.2 Å². The molecule has 3 aromatic rings. The van der Waals surface area contributed by atoms with E-state index in [1.54, 1.807) is 72.8 Å². The van der Waals surface area contributed by atoms with Gasteiger partial charge in [-0.1, -0.05) is 34.1 Å². The van der Waals surface area contributed by atoms with E-state index in [1.165, 1.54) is 0 Å². The molecule has 7 heteroatoms. The third kappa shape index (κ3) is 5.32. The number of hydrogen-bond acceptors (Lipinski definition) is 5. The number of benzene rings is 3. The maximum atomic E-state index is 11.9. The van der Waals surface area contributed by atoms with Crippen molar-refractivity contribution in [1.82, 2.24) is 0 Å². The van der Waals surface area contributed by atoms with Crippen LogP contribution in [0.5, 0.6) is 0 Å². The highest BCUT2D eigenvalue weighted by atomic mass is 79.9. The lowest BCUT2D eigenvalue weighted by atomic mass is 10.2. The Hall–Kier alpha value is -3.32. The summed E-state index contributed by atoms with van der Waals surface area (Å²) in [5.74, 6) is -0.916. The summed E-state index contributed by atoms with van der Waals surface area (Å²) < 4.78 is 0.877. The SMILES string of the molecule is O=C(N=Nc1ccc(NOC(=O)c2ccc(Br)cc2)cc1)c1ccccc1. The number of amides is 1. The molecule has 27 heavy (non-hydrogen) atoms. The van der Waals surface area contributed by atoms with Crippen molar-refractivity contribution < 1.29 is 14.4 Å². The minimum absolute atomic E-state index is 0.416. The Balaban J connectivity index is 1.55. The number of rotatable bonds is 5. The second-order valence-corrected chi connectivity index (χ2v) is 6.33. The average molecular weight is 424 g/mol. The van der Waals surface area contributed by atoms with E-state index in [-0.39, 0.29) is 0 Å². The van der Waals surface area contributed by atoms with Crippen molar-refractivity contribution in [2.75, 3.05) is 5.48 Å². The highest BCUT2D eigenvalue weighted by Crippen LogP contribution is 2.18. The number of halogens is 1. The Bertz CT molecular complexity index is 956. The largest absolute Gasteiger partial charge is 0.362 e. The molecule has 0 unspecified atom stereocenters. The van der Waals surface area contributed by atoms with Crippen LogP contribution in [-0.2, 0) is 4.84 Å². The summed E-state index contributed by atoms with van der Waals surface area (Å²) in [5, 5.41) is 7.60. The number of nitrogens with zero attached hydrogens (tertiary/aromatic N) is 2. The Morgan fingerprint density at radius 3 is 2.15 bits per heavy atom. The van der Waals surface area contributed by atoms with E-state index >= 15 is 0 Å². The molecule has 134 valence electrons. The second-order valence-electron chi connectivity index (χ2n) is 5.42. The van der Waals surface area contributed by atoms with Gasteiger partial charge in [0.2, 0.25) is 0 Å². The zero-order valence-electron chi connectivity index (χ0n) is 14.0. The fourth-order valence-electron chi connectivity index (χ4n) is 2.09. The van der Waals surface area contributed by atoms with E-state index < -0.39 is 11.9 Å². The predicted octanol–water partition coefficient (Wildman–Crippen LogP) is 5.56. The van der Waals surface area contributed by atoms with Gasteiger partial charge in [-0.2, -0.15) is 0 Å². The molecular formula is C20H14BrN3O3. The van der Waals surface area contributed by atoms with E-state index in [0.717, 1.165) is 4.47 Å². The Kier molecular flexibility index (Phi) is 6.06. The summed E-state index contributed by atoms with van der Waals surface area (Å²) in [6, 6.07) is 22.1. The van der Waals surface area contributed by atoms with Gasteiger partial charge in [-0.3, -0.25) is 4.79 Å². The van der Waals surface area contributed by atoms with Crippen molar-refractivity contribution in [3.8, 4) is 0 Å². The molecule has 0 saturated heterocycles. The van der Waals surface area contributed by atoms with Crippen LogP contribution in [0.3, 0.4) is 0 Å². The summed E-state index contributed by atoms with van der Waals surface area (Å²) >= 11 is 3.31. The molecule has 6 nitrogen and oxygen atoms in total. The van der Waals surface area contributed by atoms with Gasteiger partial charge in [0.15, 0.2) is 0 Å². The molecule has 1 amide bonds. The standard InChI is InChI=1S/C20H14BrN3O3/c21-16-8-6-15(7-9-16)20(26)27-24-18-12-10-17(11-13-18)22-23-19(25)14-4-2-1-3-5-14/h1-13,24H. The minimum atomic E-state index is -0.500. The van der Waals surface area contributed by atoms with Crippen molar-refractivity contribution in [3.63, 3.8) is 0 Å². The van der Waals surface area contributed by atoms with Crippen molar-refractivity contribution in [2.45, 2.75) is 0 Å². The first kappa shape index (κ1) is 18.5. The molecule has 0 spiro atoms. The normalized spacial score (nSPS) is 10.6. The third-order valence-corrected chi connectivity index (χ3v) is 4.01. The number of azo groups is 1. The molecular weight excluding hydrogens is 410 g/mol. The molecule has 0 aliphatic carbocycles. The van der Waals surface area contributed by atoms with Crippen molar-refractivity contribution in [3.05, 3.63) is 94.5 Å². The number of carbonyl (C=O) groups excluding carboxylic acids is 2. The van der Waals surface area contributed by atoms with Gasteiger partial charge < -0.3 is 4.84 Å². The van der Waals surface area contributed by atoms with Gasteiger partial charge in [0.25, 0.3) is 5.91 Å². The van der Waals surface area contributed by atoms with Gasteiger partial charge in [0.1, 0.15) is 0 Å². The maximum absolute atomic E-state index is 11.9. The van der Waals surface area contributed by atoms with Crippen molar-refractivity contribution >= 4 is 39.2 Å². The predicted molar refractivity (Wildman–Crippen MR) is 105 cm³/mol. The van der Waals surface area contributed by atoms with E-state index in [2.05, 4.69) is 31.6 Å². The number of anilines is 1. The minimum Gasteiger partial charge on any atom is -0.338 e. The van der Waals surface area contributed by atoms with Crippen molar-refractivity contribution in [1.29, 1.82) is 0 Å². The number of carbonyl (C=O) groups is 2. The van der Waals surface area contributed by atoms with E-state index in [0.29, 0.717) is 22.5 Å². The summed E-state index contributed by atoms with van der Waals surface area (Å²) in [4.78, 5) is 28.9. The third-order valence-electron chi connectivity index (χ3n) is 3.49. The molecule has 0 radical (unpaired) electrons. The van der Waals surface area contributed by atoms with Crippen LogP contribution in [0.1, 0.15) is 20.7 Å². The van der Waals surface area contributed by atoms with Crippen LogP contribution in [0.25, 0.3) is 0 Å². The molecule has 0 atom stereocenters. The summed E-state index contributed by atoms with van der Waals surface area (Å²) in [6.45, 7) is 0. The highest BCUT2D eigenvalue weighted by molar-refractivity contribution is 9.10. The maximum Gasteiger partial charge on any atom is 0.362 e. The smallest absolute Gasteiger partial charge is 0.338 e. The van der Waals surface area contributed by atoms with E-state index in [1.807, 2.05) is 6.07 Å². The Morgan fingerprint density at radius 2 is 1.48 bits per heavy atom. The highest BCUT2D eigenvalue weighted by Gasteiger charge is 2.07. The van der Waals surface area contributed by atoms with E-state index in [9.17, 15) is 9.59 Å². The Morgan fingerprint density at radius 1 is 0.815 bits per heavy atom. The molecule has 1 N–H and O–H groups in total. The lowest BCUT2D eigenvalue weighted by Gasteiger charge is -2.07. The van der Waals surface area contributed by atoms with Gasteiger partial charge >= 0.3 is 5.97 Å². The van der Waals surface area contributed by atoms with Gasteiger partial charge in [0, 0.05) is 10.0 Å².